The maximum absolute atomic E-state index is 12.1. The molecule has 1 heterocycles. The molecule has 0 radical (unpaired) electrons. The number of aromatic nitrogens is 2. The average Bonchev–Trinajstić information content (AvgIpc) is 3.04. The van der Waals surface area contributed by atoms with Crippen molar-refractivity contribution in [1.82, 2.24) is 14.9 Å². The lowest BCUT2D eigenvalue weighted by atomic mass is 10.1. The van der Waals surface area contributed by atoms with Gasteiger partial charge in [0.2, 0.25) is 5.91 Å². The summed E-state index contributed by atoms with van der Waals surface area (Å²) < 4.78 is 2.11. The third-order valence-electron chi connectivity index (χ3n) is 4.24. The molecule has 0 spiro atoms. The molecule has 0 fully saturated rings. The number of imidazole rings is 1. The number of aryl methyl sites for hydroxylation is 2. The molecule has 3 rings (SSSR count). The Balaban J connectivity index is 1.50. The van der Waals surface area contributed by atoms with Crippen LogP contribution in [0.3, 0.4) is 0 Å². The van der Waals surface area contributed by atoms with Gasteiger partial charge in [-0.1, -0.05) is 54.6 Å². The Morgan fingerprint density at radius 2 is 1.80 bits per heavy atom. The molecule has 0 unspecified atom stereocenters. The van der Waals surface area contributed by atoms with E-state index in [-0.39, 0.29) is 5.91 Å². The molecule has 0 aliphatic heterocycles. The molecule has 0 atom stereocenters. The van der Waals surface area contributed by atoms with Crippen molar-refractivity contribution < 1.29 is 4.79 Å². The highest BCUT2D eigenvalue weighted by molar-refractivity contribution is 5.76. The van der Waals surface area contributed by atoms with E-state index < -0.39 is 0 Å². The van der Waals surface area contributed by atoms with Crippen molar-refractivity contribution in [2.24, 2.45) is 0 Å². The molecule has 0 aliphatic rings. The molecule has 1 amide bonds. The minimum absolute atomic E-state index is 0.0831. The van der Waals surface area contributed by atoms with Crippen molar-refractivity contribution in [2.75, 3.05) is 0 Å². The lowest BCUT2D eigenvalue weighted by Gasteiger charge is -2.09. The van der Waals surface area contributed by atoms with E-state index in [1.165, 1.54) is 11.1 Å². The van der Waals surface area contributed by atoms with E-state index in [2.05, 4.69) is 39.1 Å². The van der Waals surface area contributed by atoms with E-state index in [9.17, 15) is 4.79 Å². The van der Waals surface area contributed by atoms with Crippen molar-refractivity contribution in [3.05, 3.63) is 89.5 Å². The zero-order valence-electron chi connectivity index (χ0n) is 14.5. The number of nitrogens with one attached hydrogen (secondary N) is 1. The van der Waals surface area contributed by atoms with E-state index in [0.717, 1.165) is 24.4 Å². The van der Waals surface area contributed by atoms with Gasteiger partial charge in [-0.25, -0.2) is 4.98 Å². The first-order chi connectivity index (χ1) is 12.2. The third-order valence-corrected chi connectivity index (χ3v) is 4.24. The minimum atomic E-state index is 0.0831. The predicted molar refractivity (Wildman–Crippen MR) is 99.1 cm³/mol. The largest absolute Gasteiger partial charge is 0.352 e. The molecular formula is C21H23N3O. The second-order valence-electron chi connectivity index (χ2n) is 6.18. The maximum Gasteiger partial charge on any atom is 0.220 e. The average molecular weight is 333 g/mol. The fraction of sp³-hybridized carbons (Fsp3) is 0.238. The summed E-state index contributed by atoms with van der Waals surface area (Å²) in [5, 5.41) is 3.01. The van der Waals surface area contributed by atoms with Gasteiger partial charge in [0.15, 0.2) is 0 Å². The number of nitrogens with zero attached hydrogens (tertiary/aromatic N) is 2. The highest BCUT2D eigenvalue weighted by atomic mass is 16.1. The summed E-state index contributed by atoms with van der Waals surface area (Å²) in [6.45, 7) is 3.35. The molecule has 0 aliphatic carbocycles. The summed E-state index contributed by atoms with van der Waals surface area (Å²) in [5.74, 6) is 1.08. The Labute approximate surface area is 148 Å². The summed E-state index contributed by atoms with van der Waals surface area (Å²) in [5.41, 5.74) is 3.51. The van der Waals surface area contributed by atoms with E-state index in [0.29, 0.717) is 13.0 Å². The van der Waals surface area contributed by atoms with Gasteiger partial charge >= 0.3 is 0 Å². The number of rotatable bonds is 7. The summed E-state index contributed by atoms with van der Waals surface area (Å²) in [7, 11) is 0. The van der Waals surface area contributed by atoms with Crippen LogP contribution in [0.25, 0.3) is 0 Å². The molecule has 3 aromatic rings. The lowest BCUT2D eigenvalue weighted by Crippen LogP contribution is -2.23. The van der Waals surface area contributed by atoms with Gasteiger partial charge in [0.1, 0.15) is 5.82 Å². The second-order valence-corrected chi connectivity index (χ2v) is 6.18. The summed E-state index contributed by atoms with van der Waals surface area (Å²) in [6.07, 6.45) is 5.07. The van der Waals surface area contributed by atoms with Gasteiger partial charge < -0.3 is 9.88 Å². The molecule has 0 bridgehead atoms. The van der Waals surface area contributed by atoms with Crippen LogP contribution in [0, 0.1) is 6.92 Å². The number of amides is 1. The Bertz CT molecular complexity index is 824. The van der Waals surface area contributed by atoms with Crippen LogP contribution >= 0.6 is 0 Å². The molecule has 2 aromatic carbocycles. The van der Waals surface area contributed by atoms with Crippen LogP contribution in [0.5, 0.6) is 0 Å². The highest BCUT2D eigenvalue weighted by Crippen LogP contribution is 2.09. The van der Waals surface area contributed by atoms with E-state index in [4.69, 9.17) is 0 Å². The van der Waals surface area contributed by atoms with Crippen molar-refractivity contribution in [2.45, 2.75) is 32.9 Å². The predicted octanol–water partition coefficient (Wildman–Crippen LogP) is 3.49. The Morgan fingerprint density at radius 1 is 1.04 bits per heavy atom. The third kappa shape index (κ3) is 5.05. The molecule has 128 valence electrons. The van der Waals surface area contributed by atoms with Crippen LogP contribution in [0.4, 0.5) is 0 Å². The smallest absolute Gasteiger partial charge is 0.220 e. The Kier molecular flexibility index (Phi) is 5.62. The first-order valence-corrected chi connectivity index (χ1v) is 8.57. The lowest BCUT2D eigenvalue weighted by molar-refractivity contribution is -0.121. The van der Waals surface area contributed by atoms with E-state index in [1.807, 2.05) is 49.6 Å². The van der Waals surface area contributed by atoms with E-state index >= 15 is 0 Å². The maximum atomic E-state index is 12.1. The highest BCUT2D eigenvalue weighted by Gasteiger charge is 2.04. The first kappa shape index (κ1) is 17.0. The zero-order chi connectivity index (χ0) is 17.5. The standard InChI is InChI=1S/C21H23N3O/c1-17-22-12-13-24(17)16-20-9-5-8-19(14-20)15-23-21(25)11-10-18-6-3-2-4-7-18/h2-9,12-14H,10-11,15-16H2,1H3,(H,23,25). The molecule has 25 heavy (non-hydrogen) atoms. The van der Waals surface area contributed by atoms with Crippen LogP contribution < -0.4 is 5.32 Å². The number of hydrogen-bond acceptors (Lipinski definition) is 2. The van der Waals surface area contributed by atoms with Gasteiger partial charge in [0, 0.05) is 31.9 Å². The van der Waals surface area contributed by atoms with Crippen molar-refractivity contribution in [1.29, 1.82) is 0 Å². The minimum Gasteiger partial charge on any atom is -0.352 e. The number of carbonyl (C=O) groups excluding carboxylic acids is 1. The molecule has 1 N–H and O–H groups in total. The van der Waals surface area contributed by atoms with Crippen molar-refractivity contribution >= 4 is 5.91 Å². The fourth-order valence-electron chi connectivity index (χ4n) is 2.80. The van der Waals surface area contributed by atoms with Crippen molar-refractivity contribution in [3.63, 3.8) is 0 Å². The molecule has 4 heteroatoms. The molecule has 4 nitrogen and oxygen atoms in total. The van der Waals surface area contributed by atoms with Crippen LogP contribution in [0.15, 0.2) is 67.0 Å². The molecular weight excluding hydrogens is 310 g/mol. The summed E-state index contributed by atoms with van der Waals surface area (Å²) in [6, 6.07) is 18.4. The van der Waals surface area contributed by atoms with Gasteiger partial charge in [-0.3, -0.25) is 4.79 Å². The van der Waals surface area contributed by atoms with Crippen LogP contribution in [0.2, 0.25) is 0 Å². The normalized spacial score (nSPS) is 10.6. The second kappa shape index (κ2) is 8.29. The SMILES string of the molecule is Cc1nccn1Cc1cccc(CNC(=O)CCc2ccccc2)c1. The fourth-order valence-corrected chi connectivity index (χ4v) is 2.80. The Hall–Kier alpha value is -2.88. The van der Waals surface area contributed by atoms with Gasteiger partial charge in [0.05, 0.1) is 0 Å². The van der Waals surface area contributed by atoms with E-state index in [1.54, 1.807) is 0 Å². The topological polar surface area (TPSA) is 46.9 Å². The van der Waals surface area contributed by atoms with Crippen LogP contribution in [-0.2, 0) is 24.3 Å². The summed E-state index contributed by atoms with van der Waals surface area (Å²) >= 11 is 0. The monoisotopic (exact) mass is 333 g/mol. The first-order valence-electron chi connectivity index (χ1n) is 8.57. The van der Waals surface area contributed by atoms with Crippen molar-refractivity contribution in [3.8, 4) is 0 Å². The Morgan fingerprint density at radius 3 is 2.56 bits per heavy atom. The van der Waals surface area contributed by atoms with Gasteiger partial charge in [0.25, 0.3) is 0 Å². The number of carbonyl (C=O) groups is 1. The molecule has 0 saturated carbocycles. The van der Waals surface area contributed by atoms with Crippen LogP contribution in [0.1, 0.15) is 28.9 Å². The molecule has 0 saturated heterocycles. The number of benzene rings is 2. The molecule has 1 aromatic heterocycles. The zero-order valence-corrected chi connectivity index (χ0v) is 14.5. The summed E-state index contributed by atoms with van der Waals surface area (Å²) in [4.78, 5) is 16.3. The van der Waals surface area contributed by atoms with Gasteiger partial charge in [-0.2, -0.15) is 0 Å². The number of hydrogen-bond donors (Lipinski definition) is 1. The van der Waals surface area contributed by atoms with Crippen LogP contribution in [-0.4, -0.2) is 15.5 Å². The quantitative estimate of drug-likeness (QED) is 0.719. The van der Waals surface area contributed by atoms with Gasteiger partial charge in [-0.15, -0.1) is 0 Å². The van der Waals surface area contributed by atoms with Gasteiger partial charge in [-0.05, 0) is 30.0 Å².